The number of unbranched alkanes of at least 4 members (excludes halogenated alkanes) is 6. The first-order chi connectivity index (χ1) is 13.7. The van der Waals surface area contributed by atoms with Crippen molar-refractivity contribution in [2.75, 3.05) is 35.6 Å². The van der Waals surface area contributed by atoms with Crippen LogP contribution in [0.1, 0.15) is 71.6 Å². The van der Waals surface area contributed by atoms with E-state index in [0.717, 1.165) is 36.1 Å². The molecule has 0 atom stereocenters. The predicted octanol–water partition coefficient (Wildman–Crippen LogP) is 6.13. The summed E-state index contributed by atoms with van der Waals surface area (Å²) in [4.78, 5) is 19.0. The van der Waals surface area contributed by atoms with Gasteiger partial charge in [0.2, 0.25) is 5.91 Å². The van der Waals surface area contributed by atoms with E-state index in [-0.39, 0.29) is 5.91 Å². The lowest BCUT2D eigenvalue weighted by Crippen LogP contribution is -2.25. The number of carbonyl (C=O) groups is 1. The number of nitrogens with one attached hydrogen (secondary N) is 1. The second kappa shape index (κ2) is 13.6. The van der Waals surface area contributed by atoms with Crippen molar-refractivity contribution in [3.05, 3.63) is 24.3 Å². The van der Waals surface area contributed by atoms with Crippen molar-refractivity contribution in [1.82, 2.24) is 0 Å². The Kier molecular flexibility index (Phi) is 11.1. The first-order valence-electron chi connectivity index (χ1n) is 11.0. The Bertz CT molecular complexity index is 588. The summed E-state index contributed by atoms with van der Waals surface area (Å²) < 4.78 is 0. The zero-order valence-corrected chi connectivity index (χ0v) is 18.5. The number of carbonyl (C=O) groups excluding carboxylic acids is 1. The Balaban J connectivity index is 1.87. The van der Waals surface area contributed by atoms with Crippen molar-refractivity contribution in [3.63, 3.8) is 0 Å². The molecule has 28 heavy (non-hydrogen) atoms. The molecule has 1 N–H and O–H groups in total. The molecule has 0 saturated heterocycles. The molecule has 0 fully saturated rings. The standard InChI is InChI=1S/C23H37N3OS/c1-3-5-7-9-16-26(17-10-8-6-4-2)21-13-11-20(12-14-21)25-22(27)19-23-24-15-18-28-23/h11-14H,3-10,15-19H2,1-2H3,(H,25,27). The zero-order valence-electron chi connectivity index (χ0n) is 17.7. The highest BCUT2D eigenvalue weighted by Crippen LogP contribution is 2.21. The largest absolute Gasteiger partial charge is 0.372 e. The second-order valence-corrected chi connectivity index (χ2v) is 8.67. The number of rotatable bonds is 14. The molecule has 1 aliphatic heterocycles. The van der Waals surface area contributed by atoms with E-state index in [0.29, 0.717) is 6.42 Å². The zero-order chi connectivity index (χ0) is 20.0. The van der Waals surface area contributed by atoms with E-state index in [1.54, 1.807) is 11.8 Å². The van der Waals surface area contributed by atoms with Crippen LogP contribution in [0.3, 0.4) is 0 Å². The number of amides is 1. The summed E-state index contributed by atoms with van der Waals surface area (Å²) in [6.45, 7) is 7.60. The number of hydrogen-bond acceptors (Lipinski definition) is 4. The van der Waals surface area contributed by atoms with Gasteiger partial charge in [0.05, 0.1) is 11.5 Å². The van der Waals surface area contributed by atoms with Crippen LogP contribution in [0.15, 0.2) is 29.3 Å². The maximum Gasteiger partial charge on any atom is 0.230 e. The van der Waals surface area contributed by atoms with Crippen molar-refractivity contribution in [2.45, 2.75) is 71.6 Å². The first kappa shape index (κ1) is 22.8. The molecule has 0 bridgehead atoms. The first-order valence-corrected chi connectivity index (χ1v) is 12.0. The van der Waals surface area contributed by atoms with Crippen LogP contribution in [0.2, 0.25) is 0 Å². The Morgan fingerprint density at radius 3 is 2.18 bits per heavy atom. The fraction of sp³-hybridized carbons (Fsp3) is 0.652. The molecule has 2 rings (SSSR count). The van der Waals surface area contributed by atoms with Crippen LogP contribution in [0, 0.1) is 0 Å². The summed E-state index contributed by atoms with van der Waals surface area (Å²) in [5.41, 5.74) is 2.14. The molecule has 0 radical (unpaired) electrons. The second-order valence-electron chi connectivity index (χ2n) is 7.50. The van der Waals surface area contributed by atoms with E-state index in [1.165, 1.54) is 57.1 Å². The molecule has 0 aromatic heterocycles. The molecular formula is C23H37N3OS. The van der Waals surface area contributed by atoms with E-state index < -0.39 is 0 Å². The average Bonchev–Trinajstić information content (AvgIpc) is 3.20. The number of nitrogens with zero attached hydrogens (tertiary/aromatic N) is 2. The topological polar surface area (TPSA) is 44.7 Å². The van der Waals surface area contributed by atoms with Gasteiger partial charge >= 0.3 is 0 Å². The van der Waals surface area contributed by atoms with Gasteiger partial charge in [-0.25, -0.2) is 0 Å². The third-order valence-electron chi connectivity index (χ3n) is 5.04. The van der Waals surface area contributed by atoms with Crippen molar-refractivity contribution in [1.29, 1.82) is 0 Å². The molecule has 1 aliphatic rings. The molecule has 0 aliphatic carbocycles. The monoisotopic (exact) mass is 403 g/mol. The van der Waals surface area contributed by atoms with Gasteiger partial charge in [0.25, 0.3) is 0 Å². The van der Waals surface area contributed by atoms with E-state index in [4.69, 9.17) is 0 Å². The van der Waals surface area contributed by atoms with Crippen molar-refractivity contribution >= 4 is 34.1 Å². The molecule has 0 saturated carbocycles. The lowest BCUT2D eigenvalue weighted by molar-refractivity contribution is -0.115. The minimum atomic E-state index is 0.0249. The highest BCUT2D eigenvalue weighted by atomic mass is 32.2. The molecule has 4 nitrogen and oxygen atoms in total. The average molecular weight is 404 g/mol. The van der Waals surface area contributed by atoms with E-state index in [1.807, 2.05) is 12.1 Å². The van der Waals surface area contributed by atoms with E-state index in [2.05, 4.69) is 41.2 Å². The SMILES string of the molecule is CCCCCCN(CCCCCC)c1ccc(NC(=O)CC2=NCCS2)cc1. The molecule has 1 heterocycles. The van der Waals surface area contributed by atoms with Crippen LogP contribution in [-0.4, -0.2) is 36.3 Å². The minimum absolute atomic E-state index is 0.0249. The van der Waals surface area contributed by atoms with Crippen LogP contribution in [0.25, 0.3) is 0 Å². The highest BCUT2D eigenvalue weighted by Gasteiger charge is 2.12. The van der Waals surface area contributed by atoms with Crippen LogP contribution in [-0.2, 0) is 4.79 Å². The maximum atomic E-state index is 12.2. The lowest BCUT2D eigenvalue weighted by atomic mass is 10.1. The van der Waals surface area contributed by atoms with Crippen LogP contribution in [0.5, 0.6) is 0 Å². The van der Waals surface area contributed by atoms with Crippen molar-refractivity contribution in [3.8, 4) is 0 Å². The Morgan fingerprint density at radius 2 is 1.64 bits per heavy atom. The third kappa shape index (κ3) is 8.68. The fourth-order valence-corrected chi connectivity index (χ4v) is 4.25. The van der Waals surface area contributed by atoms with Crippen molar-refractivity contribution in [2.24, 2.45) is 4.99 Å². The van der Waals surface area contributed by atoms with Gasteiger partial charge in [-0.1, -0.05) is 52.4 Å². The number of benzene rings is 1. The predicted molar refractivity (Wildman–Crippen MR) is 125 cm³/mol. The summed E-state index contributed by atoms with van der Waals surface area (Å²) in [6, 6.07) is 8.36. The molecular weight excluding hydrogens is 366 g/mol. The number of hydrogen-bond donors (Lipinski definition) is 1. The summed E-state index contributed by atoms with van der Waals surface area (Å²) in [6.07, 6.45) is 10.7. The Labute approximate surface area is 175 Å². The summed E-state index contributed by atoms with van der Waals surface area (Å²) >= 11 is 1.69. The van der Waals surface area contributed by atoms with Gasteiger partial charge in [0.1, 0.15) is 0 Å². The summed E-state index contributed by atoms with van der Waals surface area (Å²) in [7, 11) is 0. The number of thioether (sulfide) groups is 1. The molecule has 0 spiro atoms. The van der Waals surface area contributed by atoms with Crippen LogP contribution < -0.4 is 10.2 Å². The van der Waals surface area contributed by atoms with Gasteiger partial charge in [-0.15, -0.1) is 11.8 Å². The van der Waals surface area contributed by atoms with Gasteiger partial charge in [-0.3, -0.25) is 9.79 Å². The smallest absolute Gasteiger partial charge is 0.230 e. The summed E-state index contributed by atoms with van der Waals surface area (Å²) in [5.74, 6) is 1.03. The molecule has 0 unspecified atom stereocenters. The third-order valence-corrected chi connectivity index (χ3v) is 6.03. The lowest BCUT2D eigenvalue weighted by Gasteiger charge is -2.25. The molecule has 156 valence electrons. The maximum absolute atomic E-state index is 12.2. The number of anilines is 2. The quantitative estimate of drug-likeness (QED) is 0.380. The van der Waals surface area contributed by atoms with E-state index >= 15 is 0 Å². The Morgan fingerprint density at radius 1 is 1.00 bits per heavy atom. The molecule has 1 amide bonds. The van der Waals surface area contributed by atoms with E-state index in [9.17, 15) is 4.79 Å². The Hall–Kier alpha value is -1.49. The molecule has 1 aromatic rings. The van der Waals surface area contributed by atoms with Gasteiger partial charge in [-0.2, -0.15) is 0 Å². The normalized spacial score (nSPS) is 13.4. The highest BCUT2D eigenvalue weighted by molar-refractivity contribution is 8.14. The number of aliphatic imine (C=N–C) groups is 1. The van der Waals surface area contributed by atoms with Crippen molar-refractivity contribution < 1.29 is 4.79 Å². The van der Waals surface area contributed by atoms with Crippen LogP contribution in [0.4, 0.5) is 11.4 Å². The molecule has 5 heteroatoms. The van der Waals surface area contributed by atoms with Gasteiger partial charge in [0, 0.05) is 36.8 Å². The van der Waals surface area contributed by atoms with Crippen LogP contribution >= 0.6 is 11.8 Å². The fourth-order valence-electron chi connectivity index (χ4n) is 3.41. The molecule has 1 aromatic carbocycles. The van der Waals surface area contributed by atoms with Gasteiger partial charge in [0.15, 0.2) is 0 Å². The summed E-state index contributed by atoms with van der Waals surface area (Å²) in [5, 5.41) is 3.96. The minimum Gasteiger partial charge on any atom is -0.372 e. The van der Waals surface area contributed by atoms with Gasteiger partial charge < -0.3 is 10.2 Å². The van der Waals surface area contributed by atoms with Gasteiger partial charge in [-0.05, 0) is 37.1 Å².